The fraction of sp³-hybridized carbons (Fsp3) is 0.294. The van der Waals surface area contributed by atoms with Crippen LogP contribution in [0.4, 0.5) is 0 Å². The van der Waals surface area contributed by atoms with Crippen molar-refractivity contribution in [3.8, 4) is 0 Å². The zero-order valence-corrected chi connectivity index (χ0v) is 12.0. The summed E-state index contributed by atoms with van der Waals surface area (Å²) < 4.78 is 0. The standard InChI is InChI=1S/C17H19N.ClH/c1-2-18-17-15-9-5-3-7-13(15)11-12-14-8-4-6-10-16(14)17;/h3-10,17-18H,2,11-12H2,1H3;1H. The topological polar surface area (TPSA) is 12.0 Å². The number of fused-ring (bicyclic) bond motifs is 2. The predicted octanol–water partition coefficient (Wildman–Crippen LogP) is 3.91. The summed E-state index contributed by atoms with van der Waals surface area (Å²) in [5.74, 6) is 0. The van der Waals surface area contributed by atoms with Gasteiger partial charge in [0.25, 0.3) is 0 Å². The molecule has 3 rings (SSSR count). The molecular formula is C17H20ClN. The summed E-state index contributed by atoms with van der Waals surface area (Å²) >= 11 is 0. The van der Waals surface area contributed by atoms with Crippen LogP contribution in [0.5, 0.6) is 0 Å². The highest BCUT2D eigenvalue weighted by Crippen LogP contribution is 2.32. The van der Waals surface area contributed by atoms with Gasteiger partial charge in [-0.2, -0.15) is 0 Å². The van der Waals surface area contributed by atoms with Crippen molar-refractivity contribution in [1.82, 2.24) is 5.32 Å². The summed E-state index contributed by atoms with van der Waals surface area (Å²) in [6, 6.07) is 18.0. The average Bonchev–Trinajstić information content (AvgIpc) is 2.58. The third-order valence-corrected chi connectivity index (χ3v) is 3.80. The second-order valence-corrected chi connectivity index (χ2v) is 4.89. The molecule has 0 radical (unpaired) electrons. The van der Waals surface area contributed by atoms with Crippen LogP contribution >= 0.6 is 12.4 Å². The number of hydrogen-bond donors (Lipinski definition) is 1. The molecule has 0 spiro atoms. The van der Waals surface area contributed by atoms with Crippen LogP contribution in [-0.4, -0.2) is 6.54 Å². The Labute approximate surface area is 121 Å². The second-order valence-electron chi connectivity index (χ2n) is 4.89. The van der Waals surface area contributed by atoms with E-state index in [0.29, 0.717) is 6.04 Å². The van der Waals surface area contributed by atoms with Gasteiger partial charge in [-0.25, -0.2) is 0 Å². The second kappa shape index (κ2) is 6.23. The molecule has 0 atom stereocenters. The quantitative estimate of drug-likeness (QED) is 0.875. The molecule has 0 aliphatic heterocycles. The molecule has 2 aromatic rings. The molecule has 0 unspecified atom stereocenters. The van der Waals surface area contributed by atoms with Crippen molar-refractivity contribution >= 4 is 12.4 Å². The van der Waals surface area contributed by atoms with Crippen LogP contribution in [0, 0.1) is 0 Å². The minimum atomic E-state index is 0. The van der Waals surface area contributed by atoms with E-state index in [1.807, 2.05) is 0 Å². The molecule has 1 aliphatic rings. The molecule has 1 N–H and O–H groups in total. The number of benzene rings is 2. The number of aryl methyl sites for hydroxylation is 2. The third kappa shape index (κ3) is 2.68. The van der Waals surface area contributed by atoms with E-state index in [1.54, 1.807) is 0 Å². The first kappa shape index (κ1) is 14.1. The van der Waals surface area contributed by atoms with Crippen LogP contribution in [0.2, 0.25) is 0 Å². The van der Waals surface area contributed by atoms with Crippen molar-refractivity contribution in [3.63, 3.8) is 0 Å². The molecule has 100 valence electrons. The summed E-state index contributed by atoms with van der Waals surface area (Å²) in [7, 11) is 0. The molecule has 0 bridgehead atoms. The van der Waals surface area contributed by atoms with Crippen molar-refractivity contribution in [2.75, 3.05) is 6.54 Å². The van der Waals surface area contributed by atoms with Gasteiger partial charge in [0.1, 0.15) is 0 Å². The monoisotopic (exact) mass is 273 g/mol. The zero-order chi connectivity index (χ0) is 12.4. The minimum Gasteiger partial charge on any atom is -0.307 e. The molecule has 1 nitrogen and oxygen atoms in total. The Morgan fingerprint density at radius 2 is 1.37 bits per heavy atom. The molecular weight excluding hydrogens is 254 g/mol. The van der Waals surface area contributed by atoms with Gasteiger partial charge in [0, 0.05) is 0 Å². The first-order valence-electron chi connectivity index (χ1n) is 6.79. The molecule has 0 saturated heterocycles. The van der Waals surface area contributed by atoms with Crippen molar-refractivity contribution < 1.29 is 0 Å². The largest absolute Gasteiger partial charge is 0.307 e. The van der Waals surface area contributed by atoms with Gasteiger partial charge in [-0.1, -0.05) is 55.5 Å². The van der Waals surface area contributed by atoms with Gasteiger partial charge < -0.3 is 5.32 Å². The summed E-state index contributed by atoms with van der Waals surface area (Å²) in [4.78, 5) is 0. The Morgan fingerprint density at radius 1 is 0.895 bits per heavy atom. The van der Waals surface area contributed by atoms with Crippen molar-refractivity contribution in [2.24, 2.45) is 0 Å². The summed E-state index contributed by atoms with van der Waals surface area (Å²) in [5, 5.41) is 3.64. The highest BCUT2D eigenvalue weighted by atomic mass is 35.5. The van der Waals surface area contributed by atoms with Crippen LogP contribution in [0.3, 0.4) is 0 Å². The van der Waals surface area contributed by atoms with Crippen LogP contribution in [0.15, 0.2) is 48.5 Å². The van der Waals surface area contributed by atoms with E-state index in [1.165, 1.54) is 22.3 Å². The Bertz CT molecular complexity index is 503. The number of nitrogens with one attached hydrogen (secondary N) is 1. The first-order chi connectivity index (χ1) is 8.90. The van der Waals surface area contributed by atoms with E-state index >= 15 is 0 Å². The summed E-state index contributed by atoms with van der Waals surface area (Å²) in [5.41, 5.74) is 5.87. The normalized spacial score (nSPS) is 13.9. The van der Waals surface area contributed by atoms with Gasteiger partial charge in [0.2, 0.25) is 0 Å². The fourth-order valence-corrected chi connectivity index (χ4v) is 2.95. The Hall–Kier alpha value is -1.31. The van der Waals surface area contributed by atoms with Crippen LogP contribution in [0.25, 0.3) is 0 Å². The minimum absolute atomic E-state index is 0. The first-order valence-corrected chi connectivity index (χ1v) is 6.79. The van der Waals surface area contributed by atoms with E-state index < -0.39 is 0 Å². The lowest BCUT2D eigenvalue weighted by Crippen LogP contribution is -2.22. The molecule has 1 aliphatic carbocycles. The van der Waals surface area contributed by atoms with Gasteiger partial charge in [0.15, 0.2) is 0 Å². The van der Waals surface area contributed by atoms with Crippen molar-refractivity contribution in [1.29, 1.82) is 0 Å². The molecule has 2 heteroatoms. The van der Waals surface area contributed by atoms with Crippen LogP contribution < -0.4 is 5.32 Å². The molecule has 2 aromatic carbocycles. The fourth-order valence-electron chi connectivity index (χ4n) is 2.95. The third-order valence-electron chi connectivity index (χ3n) is 3.80. The molecule has 0 fully saturated rings. The smallest absolute Gasteiger partial charge is 0.0582 e. The molecule has 0 saturated carbocycles. The van der Waals surface area contributed by atoms with Crippen molar-refractivity contribution in [2.45, 2.75) is 25.8 Å². The van der Waals surface area contributed by atoms with Gasteiger partial charge in [-0.3, -0.25) is 0 Å². The van der Waals surface area contributed by atoms with Gasteiger partial charge >= 0.3 is 0 Å². The maximum atomic E-state index is 3.64. The Kier molecular flexibility index (Phi) is 4.62. The SMILES string of the molecule is CCNC1c2ccccc2CCc2ccccc21.Cl. The maximum absolute atomic E-state index is 3.64. The molecule has 0 heterocycles. The highest BCUT2D eigenvalue weighted by Gasteiger charge is 2.21. The van der Waals surface area contributed by atoms with Gasteiger partial charge in [-0.15, -0.1) is 12.4 Å². The Balaban J connectivity index is 0.00000133. The summed E-state index contributed by atoms with van der Waals surface area (Å²) in [6.45, 7) is 3.17. The summed E-state index contributed by atoms with van der Waals surface area (Å²) in [6.07, 6.45) is 2.30. The molecule has 0 amide bonds. The predicted molar refractivity (Wildman–Crippen MR) is 83.1 cm³/mol. The van der Waals surface area contributed by atoms with Gasteiger partial charge in [0.05, 0.1) is 6.04 Å². The molecule has 19 heavy (non-hydrogen) atoms. The van der Waals surface area contributed by atoms with E-state index in [-0.39, 0.29) is 12.4 Å². The number of rotatable bonds is 2. The molecule has 0 aromatic heterocycles. The van der Waals surface area contributed by atoms with Crippen LogP contribution in [-0.2, 0) is 12.8 Å². The van der Waals surface area contributed by atoms with Crippen LogP contribution in [0.1, 0.15) is 35.2 Å². The van der Waals surface area contributed by atoms with Gasteiger partial charge in [-0.05, 0) is 41.6 Å². The van der Waals surface area contributed by atoms with Crippen molar-refractivity contribution in [3.05, 3.63) is 70.8 Å². The van der Waals surface area contributed by atoms with E-state index in [0.717, 1.165) is 19.4 Å². The lowest BCUT2D eigenvalue weighted by Gasteiger charge is -2.21. The zero-order valence-electron chi connectivity index (χ0n) is 11.2. The average molecular weight is 274 g/mol. The van der Waals surface area contributed by atoms with E-state index in [9.17, 15) is 0 Å². The van der Waals surface area contributed by atoms with E-state index in [2.05, 4.69) is 60.8 Å². The van der Waals surface area contributed by atoms with E-state index in [4.69, 9.17) is 0 Å². The maximum Gasteiger partial charge on any atom is 0.0582 e. The Morgan fingerprint density at radius 3 is 1.84 bits per heavy atom. The highest BCUT2D eigenvalue weighted by molar-refractivity contribution is 5.85. The number of hydrogen-bond acceptors (Lipinski definition) is 1. The number of halogens is 1. The lowest BCUT2D eigenvalue weighted by atomic mass is 9.95. The lowest BCUT2D eigenvalue weighted by molar-refractivity contribution is 0.628.